The topological polar surface area (TPSA) is 54.5 Å². The number of rotatable bonds is 3. The molecule has 1 amide bonds. The Morgan fingerprint density at radius 1 is 1.36 bits per heavy atom. The summed E-state index contributed by atoms with van der Waals surface area (Å²) in [5, 5.41) is 0. The smallest absolute Gasteiger partial charge is 0.311 e. The number of benzene rings is 1. The van der Waals surface area contributed by atoms with E-state index in [2.05, 4.69) is 0 Å². The number of amides is 1. The Morgan fingerprint density at radius 2 is 2.00 bits per heavy atom. The highest BCUT2D eigenvalue weighted by Gasteiger charge is 2.40. The maximum Gasteiger partial charge on any atom is 0.418 e. The third kappa shape index (κ3) is 3.73. The molecule has 0 aliphatic carbocycles. The number of para-hydroxylation sites is 1. The first kappa shape index (κ1) is 17.1. The summed E-state index contributed by atoms with van der Waals surface area (Å²) < 4.78 is 61.5. The second-order valence-electron chi connectivity index (χ2n) is 5.25. The lowest BCUT2D eigenvalue weighted by Crippen LogP contribution is -2.28. The Morgan fingerprint density at radius 3 is 2.55 bits per heavy atom. The van der Waals surface area contributed by atoms with Crippen molar-refractivity contribution in [1.82, 2.24) is 0 Å². The third-order valence-corrected chi connectivity index (χ3v) is 4.70. The van der Waals surface area contributed by atoms with Gasteiger partial charge in [0.25, 0.3) is 0 Å². The summed E-state index contributed by atoms with van der Waals surface area (Å²) in [7, 11) is 1.34. The van der Waals surface area contributed by atoms with Crippen molar-refractivity contribution < 1.29 is 26.4 Å². The van der Waals surface area contributed by atoms with E-state index < -0.39 is 38.4 Å². The summed E-state index contributed by atoms with van der Waals surface area (Å²) in [6.07, 6.45) is -4.74. The second kappa shape index (κ2) is 5.73. The molecule has 122 valence electrons. The zero-order chi connectivity index (χ0) is 16.7. The Bertz CT molecular complexity index is 703. The first-order valence-corrected chi connectivity index (χ1v) is 8.86. The molecule has 1 atom stereocenters. The number of aryl methyl sites for hydroxylation is 1. The summed E-state index contributed by atoms with van der Waals surface area (Å²) in [6.45, 7) is 1.38. The van der Waals surface area contributed by atoms with Crippen LogP contribution in [0.2, 0.25) is 0 Å². The van der Waals surface area contributed by atoms with Crippen molar-refractivity contribution in [3.8, 4) is 0 Å². The van der Waals surface area contributed by atoms with Gasteiger partial charge in [-0.1, -0.05) is 12.1 Å². The van der Waals surface area contributed by atoms with Gasteiger partial charge in [0, 0.05) is 29.6 Å². The Kier molecular flexibility index (Phi) is 4.45. The molecule has 0 N–H and O–H groups in total. The second-order valence-corrected chi connectivity index (χ2v) is 8.07. The van der Waals surface area contributed by atoms with Gasteiger partial charge in [-0.2, -0.15) is 13.2 Å². The highest BCUT2D eigenvalue weighted by atomic mass is 35.7. The first-order chi connectivity index (χ1) is 9.99. The summed E-state index contributed by atoms with van der Waals surface area (Å²) in [4.78, 5) is 13.0. The predicted molar refractivity (Wildman–Crippen MR) is 76.3 cm³/mol. The van der Waals surface area contributed by atoms with Crippen LogP contribution >= 0.6 is 10.7 Å². The fourth-order valence-corrected chi connectivity index (χ4v) is 3.96. The first-order valence-electron chi connectivity index (χ1n) is 6.38. The number of carbonyl (C=O) groups excluding carboxylic acids is 1. The van der Waals surface area contributed by atoms with Crippen molar-refractivity contribution in [3.63, 3.8) is 0 Å². The zero-order valence-corrected chi connectivity index (χ0v) is 13.1. The zero-order valence-electron chi connectivity index (χ0n) is 11.5. The highest BCUT2D eigenvalue weighted by Crippen LogP contribution is 2.40. The summed E-state index contributed by atoms with van der Waals surface area (Å²) in [6, 6.07) is 3.65. The minimum atomic E-state index is -4.60. The molecule has 1 aliphatic heterocycles. The van der Waals surface area contributed by atoms with E-state index in [1.165, 1.54) is 19.1 Å². The lowest BCUT2D eigenvalue weighted by molar-refractivity contribution is -0.137. The van der Waals surface area contributed by atoms with E-state index in [1.807, 2.05) is 0 Å². The lowest BCUT2D eigenvalue weighted by atomic mass is 10.1. The van der Waals surface area contributed by atoms with Gasteiger partial charge in [0.15, 0.2) is 0 Å². The number of hydrogen-bond donors (Lipinski definition) is 0. The van der Waals surface area contributed by atoms with Gasteiger partial charge in [-0.05, 0) is 18.6 Å². The van der Waals surface area contributed by atoms with Crippen LogP contribution in [0.25, 0.3) is 0 Å². The highest BCUT2D eigenvalue weighted by molar-refractivity contribution is 8.13. The molecule has 1 unspecified atom stereocenters. The predicted octanol–water partition coefficient (Wildman–Crippen LogP) is 2.94. The van der Waals surface area contributed by atoms with Crippen molar-refractivity contribution in [2.45, 2.75) is 19.5 Å². The maximum atomic E-state index is 13.1. The van der Waals surface area contributed by atoms with Gasteiger partial charge in [0.1, 0.15) is 0 Å². The molecule has 2 rings (SSSR count). The van der Waals surface area contributed by atoms with E-state index in [0.717, 1.165) is 11.0 Å². The molecular weight excluding hydrogens is 343 g/mol. The molecule has 0 saturated carbocycles. The quantitative estimate of drug-likeness (QED) is 0.783. The van der Waals surface area contributed by atoms with Crippen LogP contribution in [0.3, 0.4) is 0 Å². The minimum Gasteiger partial charge on any atom is -0.311 e. The molecule has 1 heterocycles. The Balaban J connectivity index is 2.39. The average Bonchev–Trinajstić information content (AvgIpc) is 2.65. The van der Waals surface area contributed by atoms with Crippen LogP contribution in [0.5, 0.6) is 0 Å². The molecule has 1 aliphatic rings. The molecule has 1 fully saturated rings. The van der Waals surface area contributed by atoms with Gasteiger partial charge in [-0.25, -0.2) is 8.42 Å². The van der Waals surface area contributed by atoms with Gasteiger partial charge in [0.2, 0.25) is 15.0 Å². The lowest BCUT2D eigenvalue weighted by Gasteiger charge is -2.23. The minimum absolute atomic E-state index is 0.0985. The number of carbonyl (C=O) groups is 1. The molecule has 22 heavy (non-hydrogen) atoms. The maximum absolute atomic E-state index is 13.1. The van der Waals surface area contributed by atoms with Crippen LogP contribution in [-0.4, -0.2) is 26.6 Å². The molecule has 0 spiro atoms. The van der Waals surface area contributed by atoms with Crippen LogP contribution in [0.1, 0.15) is 17.5 Å². The summed E-state index contributed by atoms with van der Waals surface area (Å²) in [5.41, 5.74) is -0.817. The van der Waals surface area contributed by atoms with Gasteiger partial charge in [0.05, 0.1) is 17.0 Å². The van der Waals surface area contributed by atoms with E-state index in [-0.39, 0.29) is 18.7 Å². The fraction of sp³-hybridized carbons (Fsp3) is 0.462. The summed E-state index contributed by atoms with van der Waals surface area (Å²) in [5.74, 6) is -1.59. The third-order valence-electron chi connectivity index (χ3n) is 3.45. The van der Waals surface area contributed by atoms with Crippen LogP contribution in [0.15, 0.2) is 18.2 Å². The van der Waals surface area contributed by atoms with Gasteiger partial charge < -0.3 is 4.90 Å². The average molecular weight is 356 g/mol. The SMILES string of the molecule is Cc1cccc(C(F)(F)F)c1N1CC(CS(=O)(=O)Cl)CC1=O. The van der Waals surface area contributed by atoms with E-state index in [1.54, 1.807) is 0 Å². The van der Waals surface area contributed by atoms with Crippen molar-refractivity contribution >= 4 is 31.3 Å². The standard InChI is InChI=1S/C13H13ClF3NO3S/c1-8-3-2-4-10(13(15,16)17)12(8)18-6-9(5-11(18)19)7-22(14,20)21/h2-4,9H,5-7H2,1H3. The van der Waals surface area contributed by atoms with E-state index in [9.17, 15) is 26.4 Å². The van der Waals surface area contributed by atoms with Crippen molar-refractivity contribution in [2.24, 2.45) is 5.92 Å². The number of anilines is 1. The van der Waals surface area contributed by atoms with Crippen LogP contribution in [-0.2, 0) is 20.0 Å². The number of hydrogen-bond acceptors (Lipinski definition) is 3. The normalized spacial score (nSPS) is 19.8. The Hall–Kier alpha value is -1.28. The molecule has 0 bridgehead atoms. The molecule has 1 aromatic rings. The van der Waals surface area contributed by atoms with Gasteiger partial charge >= 0.3 is 6.18 Å². The van der Waals surface area contributed by atoms with Crippen LogP contribution < -0.4 is 4.90 Å². The molecular formula is C13H13ClF3NO3S. The van der Waals surface area contributed by atoms with Crippen molar-refractivity contribution in [3.05, 3.63) is 29.3 Å². The fourth-order valence-electron chi connectivity index (χ4n) is 2.64. The van der Waals surface area contributed by atoms with Crippen LogP contribution in [0.4, 0.5) is 18.9 Å². The summed E-state index contributed by atoms with van der Waals surface area (Å²) >= 11 is 0. The largest absolute Gasteiger partial charge is 0.418 e. The molecule has 9 heteroatoms. The molecule has 4 nitrogen and oxygen atoms in total. The Labute approximate surface area is 130 Å². The molecule has 1 saturated heterocycles. The van der Waals surface area contributed by atoms with Crippen LogP contribution in [0, 0.1) is 12.8 Å². The molecule has 0 radical (unpaired) electrons. The monoisotopic (exact) mass is 355 g/mol. The number of halogens is 4. The molecule has 0 aromatic heterocycles. The van der Waals surface area contributed by atoms with E-state index in [0.29, 0.717) is 5.56 Å². The van der Waals surface area contributed by atoms with E-state index >= 15 is 0 Å². The van der Waals surface area contributed by atoms with Crippen molar-refractivity contribution in [2.75, 3.05) is 17.2 Å². The molecule has 1 aromatic carbocycles. The van der Waals surface area contributed by atoms with E-state index in [4.69, 9.17) is 10.7 Å². The van der Waals surface area contributed by atoms with Gasteiger partial charge in [-0.15, -0.1) is 0 Å². The number of alkyl halides is 3. The van der Waals surface area contributed by atoms with Gasteiger partial charge in [-0.3, -0.25) is 4.79 Å². The van der Waals surface area contributed by atoms with Crippen molar-refractivity contribution in [1.29, 1.82) is 0 Å². The number of nitrogens with zero attached hydrogens (tertiary/aromatic N) is 1.